The SMILES string of the molecule is COc1cc(/C=C2/C(=N)N3N=C(C(C)C)SC3=NC2=O)ccc1OCCSc1cccc2ccccc12. The van der Waals surface area contributed by atoms with Crippen LogP contribution in [0.3, 0.4) is 0 Å². The molecular weight excluding hydrogens is 504 g/mol. The molecule has 2 aliphatic rings. The maximum Gasteiger partial charge on any atom is 0.283 e. The van der Waals surface area contributed by atoms with Crippen molar-refractivity contribution in [2.45, 2.75) is 18.7 Å². The van der Waals surface area contributed by atoms with Crippen molar-refractivity contribution in [2.75, 3.05) is 19.5 Å². The molecule has 7 nitrogen and oxygen atoms in total. The van der Waals surface area contributed by atoms with Crippen molar-refractivity contribution in [3.8, 4) is 11.5 Å². The molecule has 9 heteroatoms. The molecule has 3 aromatic rings. The number of rotatable bonds is 8. The molecule has 0 unspecified atom stereocenters. The van der Waals surface area contributed by atoms with E-state index in [1.54, 1.807) is 31.0 Å². The van der Waals surface area contributed by atoms with Crippen molar-refractivity contribution in [1.82, 2.24) is 5.01 Å². The number of aliphatic imine (C=N–C) groups is 1. The van der Waals surface area contributed by atoms with Gasteiger partial charge in [-0.2, -0.15) is 15.1 Å². The summed E-state index contributed by atoms with van der Waals surface area (Å²) in [4.78, 5) is 18.0. The third-order valence-corrected chi connectivity index (χ3v) is 8.06. The van der Waals surface area contributed by atoms with Crippen LogP contribution in [0, 0.1) is 11.3 Å². The van der Waals surface area contributed by atoms with Gasteiger partial charge in [0.1, 0.15) is 5.04 Å². The summed E-state index contributed by atoms with van der Waals surface area (Å²) in [5.74, 6) is 1.71. The third kappa shape index (κ3) is 5.28. The summed E-state index contributed by atoms with van der Waals surface area (Å²) in [6, 6.07) is 20.1. The normalized spacial score (nSPS) is 16.3. The molecule has 1 amide bonds. The summed E-state index contributed by atoms with van der Waals surface area (Å²) in [7, 11) is 1.58. The van der Waals surface area contributed by atoms with Crippen molar-refractivity contribution in [1.29, 1.82) is 5.41 Å². The van der Waals surface area contributed by atoms with Gasteiger partial charge in [0.25, 0.3) is 5.91 Å². The predicted molar refractivity (Wildman–Crippen MR) is 153 cm³/mol. The Hall–Kier alpha value is -3.56. The minimum absolute atomic E-state index is 0.0166. The number of fused-ring (bicyclic) bond motifs is 2. The summed E-state index contributed by atoms with van der Waals surface area (Å²) in [5.41, 5.74) is 0.890. The van der Waals surface area contributed by atoms with Crippen molar-refractivity contribution in [3.05, 3.63) is 71.8 Å². The smallest absolute Gasteiger partial charge is 0.283 e. The first-order valence-electron chi connectivity index (χ1n) is 11.9. The van der Waals surface area contributed by atoms with Gasteiger partial charge >= 0.3 is 0 Å². The number of hydrazone groups is 1. The molecule has 0 fully saturated rings. The fourth-order valence-corrected chi connectivity index (χ4v) is 5.72. The highest BCUT2D eigenvalue weighted by molar-refractivity contribution is 8.27. The highest BCUT2D eigenvalue weighted by atomic mass is 32.2. The second-order valence-electron chi connectivity index (χ2n) is 8.70. The first-order valence-corrected chi connectivity index (χ1v) is 13.7. The fourth-order valence-electron chi connectivity index (χ4n) is 3.92. The Labute approximate surface area is 224 Å². The molecular formula is C28H26N4O3S2. The highest BCUT2D eigenvalue weighted by Crippen LogP contribution is 2.33. The van der Waals surface area contributed by atoms with Gasteiger partial charge in [-0.05, 0) is 52.4 Å². The van der Waals surface area contributed by atoms with Crippen molar-refractivity contribution < 1.29 is 14.3 Å². The van der Waals surface area contributed by atoms with E-state index in [0.717, 1.165) is 10.8 Å². The molecule has 188 valence electrons. The lowest BCUT2D eigenvalue weighted by atomic mass is 10.1. The van der Waals surface area contributed by atoms with Crippen LogP contribution >= 0.6 is 23.5 Å². The van der Waals surface area contributed by atoms with Gasteiger partial charge in [-0.1, -0.05) is 56.3 Å². The largest absolute Gasteiger partial charge is 0.493 e. The van der Waals surface area contributed by atoms with Crippen LogP contribution in [0.1, 0.15) is 19.4 Å². The number of carbonyl (C=O) groups is 1. The number of thioether (sulfide) groups is 2. The van der Waals surface area contributed by atoms with E-state index in [0.29, 0.717) is 28.8 Å². The van der Waals surface area contributed by atoms with E-state index >= 15 is 0 Å². The molecule has 0 saturated carbocycles. The molecule has 0 radical (unpaired) electrons. The molecule has 0 saturated heterocycles. The molecule has 0 atom stereocenters. The number of hydrogen-bond donors (Lipinski definition) is 1. The number of nitrogens with zero attached hydrogens (tertiary/aromatic N) is 3. The minimum Gasteiger partial charge on any atom is -0.493 e. The van der Waals surface area contributed by atoms with Crippen LogP contribution < -0.4 is 9.47 Å². The summed E-state index contributed by atoms with van der Waals surface area (Å²) in [6.07, 6.45) is 1.64. The molecule has 2 heterocycles. The van der Waals surface area contributed by atoms with Crippen LogP contribution in [-0.2, 0) is 4.79 Å². The Morgan fingerprint density at radius 1 is 1.11 bits per heavy atom. The second-order valence-corrected chi connectivity index (χ2v) is 10.8. The molecule has 2 aliphatic heterocycles. The molecule has 0 spiro atoms. The fraction of sp³-hybridized carbons (Fsp3) is 0.214. The Kier molecular flexibility index (Phi) is 7.34. The quantitative estimate of drug-likeness (QED) is 0.209. The van der Waals surface area contributed by atoms with E-state index in [4.69, 9.17) is 14.9 Å². The zero-order valence-electron chi connectivity index (χ0n) is 20.7. The number of nitrogens with one attached hydrogen (secondary N) is 1. The van der Waals surface area contributed by atoms with E-state index in [2.05, 4.69) is 46.5 Å². The molecule has 0 aliphatic carbocycles. The number of amidine groups is 2. The molecule has 0 bridgehead atoms. The van der Waals surface area contributed by atoms with Crippen molar-refractivity contribution >= 4 is 62.3 Å². The van der Waals surface area contributed by atoms with Crippen LogP contribution in [0.15, 0.2) is 81.2 Å². The summed E-state index contributed by atoms with van der Waals surface area (Å²) in [6.45, 7) is 4.55. The van der Waals surface area contributed by atoms with Crippen LogP contribution in [0.25, 0.3) is 16.8 Å². The van der Waals surface area contributed by atoms with Crippen LogP contribution in [-0.4, -0.2) is 46.4 Å². The van der Waals surface area contributed by atoms with Crippen molar-refractivity contribution in [2.24, 2.45) is 16.0 Å². The average Bonchev–Trinajstić information content (AvgIpc) is 3.34. The van der Waals surface area contributed by atoms with Crippen LogP contribution in [0.2, 0.25) is 0 Å². The Morgan fingerprint density at radius 2 is 1.92 bits per heavy atom. The Bertz CT molecular complexity index is 1470. The third-order valence-electron chi connectivity index (χ3n) is 5.81. The average molecular weight is 531 g/mol. The topological polar surface area (TPSA) is 87.3 Å². The highest BCUT2D eigenvalue weighted by Gasteiger charge is 2.36. The summed E-state index contributed by atoms with van der Waals surface area (Å²) in [5, 5.41) is 18.1. The van der Waals surface area contributed by atoms with E-state index in [1.165, 1.54) is 32.4 Å². The van der Waals surface area contributed by atoms with Gasteiger partial charge in [0.2, 0.25) is 5.17 Å². The summed E-state index contributed by atoms with van der Waals surface area (Å²) < 4.78 is 11.6. The Morgan fingerprint density at radius 3 is 2.73 bits per heavy atom. The van der Waals surface area contributed by atoms with E-state index in [-0.39, 0.29) is 17.3 Å². The van der Waals surface area contributed by atoms with E-state index in [1.807, 2.05) is 32.0 Å². The zero-order valence-corrected chi connectivity index (χ0v) is 22.4. The first kappa shape index (κ1) is 25.1. The van der Waals surface area contributed by atoms with E-state index in [9.17, 15) is 4.79 Å². The number of methoxy groups -OCH3 is 1. The Balaban J connectivity index is 1.27. The van der Waals surface area contributed by atoms with Gasteiger partial charge in [-0.15, -0.1) is 11.8 Å². The molecule has 0 aromatic heterocycles. The molecule has 5 rings (SSSR count). The maximum absolute atomic E-state index is 12.7. The number of carbonyl (C=O) groups excluding carboxylic acids is 1. The van der Waals surface area contributed by atoms with Crippen molar-refractivity contribution in [3.63, 3.8) is 0 Å². The minimum atomic E-state index is -0.450. The van der Waals surface area contributed by atoms with Gasteiger partial charge in [-0.25, -0.2) is 0 Å². The van der Waals surface area contributed by atoms with Gasteiger partial charge in [-0.3, -0.25) is 10.2 Å². The number of amides is 1. The van der Waals surface area contributed by atoms with Gasteiger partial charge in [0, 0.05) is 16.6 Å². The van der Waals surface area contributed by atoms with Gasteiger partial charge in [0.05, 0.1) is 19.3 Å². The number of ether oxygens (including phenoxy) is 2. The van der Waals surface area contributed by atoms with Crippen LogP contribution in [0.5, 0.6) is 11.5 Å². The predicted octanol–water partition coefficient (Wildman–Crippen LogP) is 6.29. The lowest BCUT2D eigenvalue weighted by molar-refractivity contribution is -0.114. The summed E-state index contributed by atoms with van der Waals surface area (Å²) >= 11 is 3.09. The lowest BCUT2D eigenvalue weighted by Gasteiger charge is -2.20. The van der Waals surface area contributed by atoms with Gasteiger partial charge in [0.15, 0.2) is 17.3 Å². The molecule has 3 aromatic carbocycles. The molecule has 37 heavy (non-hydrogen) atoms. The number of hydrogen-bond acceptors (Lipinski definition) is 7. The van der Waals surface area contributed by atoms with Gasteiger partial charge < -0.3 is 9.47 Å². The molecule has 1 N–H and O–H groups in total. The lowest BCUT2D eigenvalue weighted by Crippen LogP contribution is -2.35. The second kappa shape index (κ2) is 10.8. The number of benzene rings is 3. The van der Waals surface area contributed by atoms with Crippen LogP contribution in [0.4, 0.5) is 0 Å². The first-order chi connectivity index (χ1) is 17.9. The maximum atomic E-state index is 12.7. The zero-order chi connectivity index (χ0) is 25.9. The monoisotopic (exact) mass is 530 g/mol. The standard InChI is InChI=1S/C28H26N4O3S2/c1-17(2)27-31-32-25(29)21(26(33)30-28(32)37-27)15-18-11-12-22(23(16-18)34-3)35-13-14-36-24-10-6-8-19-7-4-5-9-20(19)24/h4-12,15-17,29H,13-14H2,1-3H3/b21-15-,29-25?. The van der Waals surface area contributed by atoms with E-state index < -0.39 is 5.91 Å².